The summed E-state index contributed by atoms with van der Waals surface area (Å²) in [5.41, 5.74) is 7.42. The van der Waals surface area contributed by atoms with Gasteiger partial charge in [-0.2, -0.15) is 0 Å². The third-order valence-electron chi connectivity index (χ3n) is 3.31. The van der Waals surface area contributed by atoms with Crippen LogP contribution < -0.4 is 11.1 Å². The molecule has 2 aromatic rings. The second-order valence-corrected chi connectivity index (χ2v) is 6.39. The molecule has 5 heteroatoms. The van der Waals surface area contributed by atoms with Crippen molar-refractivity contribution in [3.63, 3.8) is 0 Å². The van der Waals surface area contributed by atoms with E-state index in [0.717, 1.165) is 16.0 Å². The van der Waals surface area contributed by atoms with E-state index in [1.165, 1.54) is 23.5 Å². The summed E-state index contributed by atoms with van der Waals surface area (Å²) < 4.78 is 13.0. The molecule has 1 atom stereocenters. The van der Waals surface area contributed by atoms with Crippen LogP contribution in [0.4, 0.5) is 4.39 Å². The zero-order chi connectivity index (χ0) is 15.4. The van der Waals surface area contributed by atoms with Crippen LogP contribution in [0.15, 0.2) is 30.3 Å². The van der Waals surface area contributed by atoms with Crippen molar-refractivity contribution < 1.29 is 9.18 Å². The van der Waals surface area contributed by atoms with Crippen molar-refractivity contribution in [1.82, 2.24) is 5.32 Å². The first-order valence-corrected chi connectivity index (χ1v) is 7.67. The molecule has 0 fully saturated rings. The first kappa shape index (κ1) is 15.7. The molecule has 0 radical (unpaired) electrons. The van der Waals surface area contributed by atoms with Crippen LogP contribution >= 0.6 is 11.3 Å². The molecule has 0 aliphatic heterocycles. The monoisotopic (exact) mass is 306 g/mol. The zero-order valence-corrected chi connectivity index (χ0v) is 13.0. The number of aryl methyl sites for hydroxylation is 1. The minimum Gasteiger partial charge on any atom is -0.351 e. The van der Waals surface area contributed by atoms with Gasteiger partial charge >= 0.3 is 0 Å². The number of carbonyl (C=O) groups excluding carboxylic acids is 1. The number of nitrogens with two attached hydrogens (primary N) is 1. The van der Waals surface area contributed by atoms with Gasteiger partial charge in [0.25, 0.3) is 5.91 Å². The summed E-state index contributed by atoms with van der Waals surface area (Å²) in [4.78, 5) is 13.8. The third-order valence-corrected chi connectivity index (χ3v) is 4.36. The van der Waals surface area contributed by atoms with Crippen LogP contribution in [0.25, 0.3) is 11.1 Å². The standard InChI is InChI=1S/C16H19FN2OS/c1-10(8-18)9-19-16(20)15-7-14(11(2)21-15)12-3-5-13(17)6-4-12/h3-7,10H,8-9,18H2,1-2H3,(H,19,20). The molecule has 3 nitrogen and oxygen atoms in total. The van der Waals surface area contributed by atoms with Crippen molar-refractivity contribution in [2.24, 2.45) is 11.7 Å². The number of benzene rings is 1. The second-order valence-electron chi connectivity index (χ2n) is 5.14. The Bertz CT molecular complexity index is 622. The predicted molar refractivity (Wildman–Crippen MR) is 85.0 cm³/mol. The van der Waals surface area contributed by atoms with E-state index in [-0.39, 0.29) is 17.6 Å². The molecule has 2 rings (SSSR count). The maximum atomic E-state index is 13.0. The lowest BCUT2D eigenvalue weighted by atomic mass is 10.1. The van der Waals surface area contributed by atoms with E-state index in [1.807, 2.05) is 19.9 Å². The molecule has 1 aromatic heterocycles. The lowest BCUT2D eigenvalue weighted by molar-refractivity contribution is 0.0952. The van der Waals surface area contributed by atoms with E-state index in [2.05, 4.69) is 5.32 Å². The highest BCUT2D eigenvalue weighted by Crippen LogP contribution is 2.31. The van der Waals surface area contributed by atoms with Crippen LogP contribution in [0.1, 0.15) is 21.5 Å². The van der Waals surface area contributed by atoms with Gasteiger partial charge in [-0.05, 0) is 48.7 Å². The predicted octanol–water partition coefficient (Wildman–Crippen LogP) is 3.19. The normalized spacial score (nSPS) is 12.2. The molecular formula is C16H19FN2OS. The van der Waals surface area contributed by atoms with Crippen LogP contribution in [0.5, 0.6) is 0 Å². The van der Waals surface area contributed by atoms with Crippen molar-refractivity contribution in [3.05, 3.63) is 45.9 Å². The Hall–Kier alpha value is -1.72. The fourth-order valence-electron chi connectivity index (χ4n) is 1.95. The van der Waals surface area contributed by atoms with E-state index >= 15 is 0 Å². The Balaban J connectivity index is 2.15. The minimum absolute atomic E-state index is 0.0863. The van der Waals surface area contributed by atoms with E-state index in [4.69, 9.17) is 5.73 Å². The highest BCUT2D eigenvalue weighted by molar-refractivity contribution is 7.14. The van der Waals surface area contributed by atoms with E-state index in [1.54, 1.807) is 12.1 Å². The molecule has 0 saturated heterocycles. The van der Waals surface area contributed by atoms with Crippen LogP contribution in [0.2, 0.25) is 0 Å². The average molecular weight is 306 g/mol. The summed E-state index contributed by atoms with van der Waals surface area (Å²) in [6.07, 6.45) is 0. The SMILES string of the molecule is Cc1sc(C(=O)NCC(C)CN)cc1-c1ccc(F)cc1. The molecule has 3 N–H and O–H groups in total. The van der Waals surface area contributed by atoms with Gasteiger partial charge in [-0.1, -0.05) is 19.1 Å². The molecule has 0 bridgehead atoms. The Morgan fingerprint density at radius 2 is 2.05 bits per heavy atom. The molecule has 1 amide bonds. The van der Waals surface area contributed by atoms with Gasteiger partial charge in [-0.25, -0.2) is 4.39 Å². The van der Waals surface area contributed by atoms with E-state index in [0.29, 0.717) is 18.0 Å². The van der Waals surface area contributed by atoms with Gasteiger partial charge in [0.05, 0.1) is 4.88 Å². The van der Waals surface area contributed by atoms with Gasteiger partial charge in [-0.3, -0.25) is 4.79 Å². The lowest BCUT2D eigenvalue weighted by Crippen LogP contribution is -2.30. The Kier molecular flexibility index (Phi) is 5.09. The zero-order valence-electron chi connectivity index (χ0n) is 12.2. The Morgan fingerprint density at radius 1 is 1.38 bits per heavy atom. The number of hydrogen-bond acceptors (Lipinski definition) is 3. The third kappa shape index (κ3) is 3.89. The number of amides is 1. The first-order chi connectivity index (χ1) is 10.0. The van der Waals surface area contributed by atoms with Crippen LogP contribution in [-0.4, -0.2) is 19.0 Å². The molecule has 1 heterocycles. The molecular weight excluding hydrogens is 287 g/mol. The number of hydrogen-bond donors (Lipinski definition) is 2. The topological polar surface area (TPSA) is 55.1 Å². The summed E-state index contributed by atoms with van der Waals surface area (Å²) in [6, 6.07) is 8.16. The number of nitrogens with one attached hydrogen (secondary N) is 1. The fraction of sp³-hybridized carbons (Fsp3) is 0.312. The number of halogens is 1. The molecule has 0 spiro atoms. The summed E-state index contributed by atoms with van der Waals surface area (Å²) >= 11 is 1.44. The van der Waals surface area contributed by atoms with Gasteiger partial charge in [-0.15, -0.1) is 11.3 Å². The molecule has 0 aliphatic rings. The van der Waals surface area contributed by atoms with Gasteiger partial charge in [0.15, 0.2) is 0 Å². The van der Waals surface area contributed by atoms with Crippen molar-refractivity contribution in [2.45, 2.75) is 13.8 Å². The quantitative estimate of drug-likeness (QED) is 0.891. The Morgan fingerprint density at radius 3 is 2.67 bits per heavy atom. The summed E-state index contributed by atoms with van der Waals surface area (Å²) in [7, 11) is 0. The van der Waals surface area contributed by atoms with Gasteiger partial charge in [0.1, 0.15) is 5.82 Å². The van der Waals surface area contributed by atoms with Crippen molar-refractivity contribution in [1.29, 1.82) is 0 Å². The van der Waals surface area contributed by atoms with Crippen LogP contribution in [0.3, 0.4) is 0 Å². The maximum Gasteiger partial charge on any atom is 0.261 e. The summed E-state index contributed by atoms with van der Waals surface area (Å²) in [5.74, 6) is -0.0938. The molecule has 21 heavy (non-hydrogen) atoms. The van der Waals surface area contributed by atoms with Crippen LogP contribution in [0, 0.1) is 18.7 Å². The van der Waals surface area contributed by atoms with Crippen molar-refractivity contribution >= 4 is 17.2 Å². The Labute approximate surface area is 128 Å². The molecule has 112 valence electrons. The smallest absolute Gasteiger partial charge is 0.261 e. The number of carbonyl (C=O) groups is 1. The maximum absolute atomic E-state index is 13.0. The number of thiophene rings is 1. The molecule has 0 aliphatic carbocycles. The minimum atomic E-state index is -0.264. The largest absolute Gasteiger partial charge is 0.351 e. The van der Waals surface area contributed by atoms with E-state index in [9.17, 15) is 9.18 Å². The van der Waals surface area contributed by atoms with Crippen LogP contribution in [-0.2, 0) is 0 Å². The van der Waals surface area contributed by atoms with Crippen molar-refractivity contribution in [3.8, 4) is 11.1 Å². The average Bonchev–Trinajstić information content (AvgIpc) is 2.87. The van der Waals surface area contributed by atoms with Gasteiger partial charge < -0.3 is 11.1 Å². The van der Waals surface area contributed by atoms with Gasteiger partial charge in [0.2, 0.25) is 0 Å². The van der Waals surface area contributed by atoms with Gasteiger partial charge in [0, 0.05) is 11.4 Å². The molecule has 1 aromatic carbocycles. The highest BCUT2D eigenvalue weighted by Gasteiger charge is 2.14. The van der Waals surface area contributed by atoms with Crippen molar-refractivity contribution in [2.75, 3.05) is 13.1 Å². The summed E-state index contributed by atoms with van der Waals surface area (Å²) in [6.45, 7) is 5.06. The van der Waals surface area contributed by atoms with E-state index < -0.39 is 0 Å². The number of rotatable bonds is 5. The molecule has 0 saturated carbocycles. The summed E-state index contributed by atoms with van der Waals surface area (Å²) in [5, 5.41) is 2.88. The lowest BCUT2D eigenvalue weighted by Gasteiger charge is -2.08. The fourth-order valence-corrected chi connectivity index (χ4v) is 2.91. The highest BCUT2D eigenvalue weighted by atomic mass is 32.1. The molecule has 1 unspecified atom stereocenters. The first-order valence-electron chi connectivity index (χ1n) is 6.86. The second kappa shape index (κ2) is 6.83.